The number of rotatable bonds is 7. The fourth-order valence-electron chi connectivity index (χ4n) is 2.85. The Kier molecular flexibility index (Phi) is 6.09. The van der Waals surface area contributed by atoms with E-state index in [1.54, 1.807) is 0 Å². The molecule has 1 aromatic rings. The van der Waals surface area contributed by atoms with Crippen LogP contribution in [-0.2, 0) is 0 Å². The molecule has 1 aliphatic rings. The smallest absolute Gasteiger partial charge is 0.124 e. The van der Waals surface area contributed by atoms with Gasteiger partial charge < -0.3 is 10.1 Å². The van der Waals surface area contributed by atoms with E-state index in [2.05, 4.69) is 41.1 Å². The number of allylic oxidation sites excluding steroid dienone is 1. The van der Waals surface area contributed by atoms with Crippen LogP contribution in [0.3, 0.4) is 0 Å². The van der Waals surface area contributed by atoms with Gasteiger partial charge in [-0.1, -0.05) is 24.3 Å². The highest BCUT2D eigenvalue weighted by molar-refractivity contribution is 5.36. The SMILES string of the molecule is C=CCC[C@@H](c1ccccc1OCC)N1CCNCC1. The monoisotopic (exact) mass is 274 g/mol. The molecule has 0 bridgehead atoms. The van der Waals surface area contributed by atoms with Crippen molar-refractivity contribution in [2.45, 2.75) is 25.8 Å². The first-order chi connectivity index (χ1) is 9.86. The number of benzene rings is 1. The van der Waals surface area contributed by atoms with Crippen LogP contribution in [0.5, 0.6) is 5.75 Å². The molecule has 1 aromatic carbocycles. The zero-order valence-corrected chi connectivity index (χ0v) is 12.5. The zero-order chi connectivity index (χ0) is 14.2. The van der Waals surface area contributed by atoms with E-state index in [0.29, 0.717) is 12.6 Å². The Labute approximate surface area is 122 Å². The van der Waals surface area contributed by atoms with Gasteiger partial charge in [0.15, 0.2) is 0 Å². The first-order valence-electron chi connectivity index (χ1n) is 7.64. The van der Waals surface area contributed by atoms with E-state index in [1.807, 2.05) is 13.0 Å². The highest BCUT2D eigenvalue weighted by Crippen LogP contribution is 2.33. The van der Waals surface area contributed by atoms with Crippen LogP contribution in [0.1, 0.15) is 31.4 Å². The standard InChI is InChI=1S/C17H26N2O/c1-3-5-9-16(19-13-11-18-12-14-19)15-8-6-7-10-17(15)20-4-2/h3,6-8,10,16,18H,1,4-5,9,11-14H2,2H3/t16-/m0/s1. The lowest BCUT2D eigenvalue weighted by Gasteiger charge is -2.35. The summed E-state index contributed by atoms with van der Waals surface area (Å²) in [7, 11) is 0. The molecule has 0 saturated carbocycles. The Morgan fingerprint density at radius 3 is 2.80 bits per heavy atom. The summed E-state index contributed by atoms with van der Waals surface area (Å²) in [4.78, 5) is 2.57. The average Bonchev–Trinajstić information content (AvgIpc) is 2.50. The van der Waals surface area contributed by atoms with Crippen LogP contribution in [0, 0.1) is 0 Å². The molecule has 1 N–H and O–H groups in total. The molecule has 3 heteroatoms. The predicted molar refractivity (Wildman–Crippen MR) is 84.2 cm³/mol. The predicted octanol–water partition coefficient (Wildman–Crippen LogP) is 3.00. The zero-order valence-electron chi connectivity index (χ0n) is 12.5. The van der Waals surface area contributed by atoms with Gasteiger partial charge in [0.1, 0.15) is 5.75 Å². The summed E-state index contributed by atoms with van der Waals surface area (Å²) in [5, 5.41) is 3.42. The van der Waals surface area contributed by atoms with Crippen molar-refractivity contribution in [1.29, 1.82) is 0 Å². The molecule has 1 atom stereocenters. The second-order valence-corrected chi connectivity index (χ2v) is 5.14. The van der Waals surface area contributed by atoms with Crippen LogP contribution in [0.25, 0.3) is 0 Å². The second-order valence-electron chi connectivity index (χ2n) is 5.14. The van der Waals surface area contributed by atoms with Crippen molar-refractivity contribution in [3.05, 3.63) is 42.5 Å². The quantitative estimate of drug-likeness (QED) is 0.774. The van der Waals surface area contributed by atoms with Crippen molar-refractivity contribution in [3.63, 3.8) is 0 Å². The van der Waals surface area contributed by atoms with E-state index in [0.717, 1.165) is 44.8 Å². The summed E-state index contributed by atoms with van der Waals surface area (Å²) in [6.45, 7) is 11.0. The van der Waals surface area contributed by atoms with Crippen molar-refractivity contribution in [1.82, 2.24) is 10.2 Å². The summed E-state index contributed by atoms with van der Waals surface area (Å²) >= 11 is 0. The van der Waals surface area contributed by atoms with Gasteiger partial charge in [0.05, 0.1) is 6.61 Å². The Hall–Kier alpha value is -1.32. The molecule has 0 amide bonds. The van der Waals surface area contributed by atoms with Crippen LogP contribution in [-0.4, -0.2) is 37.7 Å². The van der Waals surface area contributed by atoms with E-state index in [4.69, 9.17) is 4.74 Å². The maximum absolute atomic E-state index is 5.82. The van der Waals surface area contributed by atoms with Gasteiger partial charge in [-0.2, -0.15) is 0 Å². The van der Waals surface area contributed by atoms with Crippen LogP contribution in [0.4, 0.5) is 0 Å². The van der Waals surface area contributed by atoms with Gasteiger partial charge in [-0.25, -0.2) is 0 Å². The maximum Gasteiger partial charge on any atom is 0.124 e. The van der Waals surface area contributed by atoms with Crippen LogP contribution in [0.2, 0.25) is 0 Å². The van der Waals surface area contributed by atoms with Gasteiger partial charge in [0, 0.05) is 37.8 Å². The molecule has 1 saturated heterocycles. The number of para-hydroxylation sites is 1. The molecule has 0 spiro atoms. The van der Waals surface area contributed by atoms with Crippen molar-refractivity contribution >= 4 is 0 Å². The van der Waals surface area contributed by atoms with E-state index in [9.17, 15) is 0 Å². The Balaban J connectivity index is 2.22. The lowest BCUT2D eigenvalue weighted by molar-refractivity contribution is 0.162. The highest BCUT2D eigenvalue weighted by atomic mass is 16.5. The minimum absolute atomic E-state index is 0.429. The molecular formula is C17H26N2O. The molecular weight excluding hydrogens is 248 g/mol. The van der Waals surface area contributed by atoms with Crippen molar-refractivity contribution in [2.24, 2.45) is 0 Å². The van der Waals surface area contributed by atoms with Crippen molar-refractivity contribution in [2.75, 3.05) is 32.8 Å². The first-order valence-corrected chi connectivity index (χ1v) is 7.64. The molecule has 0 aromatic heterocycles. The number of hydrogen-bond acceptors (Lipinski definition) is 3. The number of nitrogens with one attached hydrogen (secondary N) is 1. The molecule has 3 nitrogen and oxygen atoms in total. The minimum atomic E-state index is 0.429. The second kappa shape index (κ2) is 8.08. The summed E-state index contributed by atoms with van der Waals surface area (Å²) in [5.74, 6) is 1.03. The summed E-state index contributed by atoms with van der Waals surface area (Å²) in [6.07, 6.45) is 4.15. The van der Waals surface area contributed by atoms with Gasteiger partial charge in [-0.3, -0.25) is 4.90 Å². The molecule has 1 heterocycles. The number of ether oxygens (including phenoxy) is 1. The Morgan fingerprint density at radius 1 is 1.35 bits per heavy atom. The van der Waals surface area contributed by atoms with Crippen LogP contribution >= 0.6 is 0 Å². The fraction of sp³-hybridized carbons (Fsp3) is 0.529. The summed E-state index contributed by atoms with van der Waals surface area (Å²) in [6, 6.07) is 8.89. The molecule has 1 fully saturated rings. The summed E-state index contributed by atoms with van der Waals surface area (Å²) < 4.78 is 5.82. The van der Waals surface area contributed by atoms with Crippen molar-refractivity contribution < 1.29 is 4.74 Å². The minimum Gasteiger partial charge on any atom is -0.494 e. The third kappa shape index (κ3) is 3.84. The lowest BCUT2D eigenvalue weighted by atomic mass is 9.98. The Bertz CT molecular complexity index is 413. The summed E-state index contributed by atoms with van der Waals surface area (Å²) in [5.41, 5.74) is 1.32. The van der Waals surface area contributed by atoms with E-state index >= 15 is 0 Å². The van der Waals surface area contributed by atoms with E-state index < -0.39 is 0 Å². The molecule has 20 heavy (non-hydrogen) atoms. The maximum atomic E-state index is 5.82. The molecule has 2 rings (SSSR count). The van der Waals surface area contributed by atoms with Crippen molar-refractivity contribution in [3.8, 4) is 5.75 Å². The molecule has 0 unspecified atom stereocenters. The van der Waals surface area contributed by atoms with Crippen LogP contribution in [0.15, 0.2) is 36.9 Å². The highest BCUT2D eigenvalue weighted by Gasteiger charge is 2.23. The molecule has 110 valence electrons. The van der Waals surface area contributed by atoms with Gasteiger partial charge in [0.25, 0.3) is 0 Å². The van der Waals surface area contributed by atoms with E-state index in [1.165, 1.54) is 5.56 Å². The topological polar surface area (TPSA) is 24.5 Å². The molecule has 0 aliphatic carbocycles. The average molecular weight is 274 g/mol. The molecule has 1 aliphatic heterocycles. The number of hydrogen-bond donors (Lipinski definition) is 1. The van der Waals surface area contributed by atoms with Gasteiger partial charge in [0.2, 0.25) is 0 Å². The first kappa shape index (κ1) is 15.1. The normalized spacial score (nSPS) is 17.6. The lowest BCUT2D eigenvalue weighted by Crippen LogP contribution is -2.45. The van der Waals surface area contributed by atoms with Gasteiger partial charge >= 0.3 is 0 Å². The van der Waals surface area contributed by atoms with Crippen LogP contribution < -0.4 is 10.1 Å². The largest absolute Gasteiger partial charge is 0.494 e. The fourth-order valence-corrected chi connectivity index (χ4v) is 2.85. The number of piperazine rings is 1. The van der Waals surface area contributed by atoms with Gasteiger partial charge in [-0.15, -0.1) is 6.58 Å². The Morgan fingerprint density at radius 2 is 2.10 bits per heavy atom. The van der Waals surface area contributed by atoms with Gasteiger partial charge in [-0.05, 0) is 25.8 Å². The van der Waals surface area contributed by atoms with E-state index in [-0.39, 0.29) is 0 Å². The number of nitrogens with zero attached hydrogens (tertiary/aromatic N) is 1. The molecule has 0 radical (unpaired) electrons. The third-order valence-electron chi connectivity index (χ3n) is 3.81. The third-order valence-corrected chi connectivity index (χ3v) is 3.81.